The van der Waals surface area contributed by atoms with E-state index in [1.54, 1.807) is 10.8 Å². The van der Waals surface area contributed by atoms with E-state index in [0.29, 0.717) is 5.78 Å². The third-order valence-corrected chi connectivity index (χ3v) is 5.15. The molecule has 1 aliphatic heterocycles. The molecule has 0 saturated carbocycles. The molecular formula is C19H22N10. The van der Waals surface area contributed by atoms with Gasteiger partial charge in [0.1, 0.15) is 12.1 Å². The van der Waals surface area contributed by atoms with Crippen molar-refractivity contribution in [3.8, 4) is 5.82 Å². The molecule has 5 rings (SSSR count). The van der Waals surface area contributed by atoms with Crippen molar-refractivity contribution in [2.24, 2.45) is 0 Å². The van der Waals surface area contributed by atoms with E-state index in [1.807, 2.05) is 43.7 Å². The van der Waals surface area contributed by atoms with Gasteiger partial charge in [-0.1, -0.05) is 0 Å². The summed E-state index contributed by atoms with van der Waals surface area (Å²) in [6.45, 7) is 9.40. The van der Waals surface area contributed by atoms with Gasteiger partial charge >= 0.3 is 0 Å². The molecule has 4 aromatic heterocycles. The van der Waals surface area contributed by atoms with Gasteiger partial charge in [0.15, 0.2) is 11.6 Å². The van der Waals surface area contributed by atoms with E-state index in [4.69, 9.17) is 0 Å². The molecule has 10 heteroatoms. The monoisotopic (exact) mass is 390 g/mol. The van der Waals surface area contributed by atoms with Crippen molar-refractivity contribution in [1.29, 1.82) is 0 Å². The van der Waals surface area contributed by atoms with E-state index in [-0.39, 0.29) is 0 Å². The molecule has 0 bridgehead atoms. The molecule has 0 unspecified atom stereocenters. The quantitative estimate of drug-likeness (QED) is 0.518. The second-order valence-corrected chi connectivity index (χ2v) is 7.29. The minimum absolute atomic E-state index is 0.632. The van der Waals surface area contributed by atoms with Gasteiger partial charge in [0.2, 0.25) is 0 Å². The Morgan fingerprint density at radius 1 is 0.828 bits per heavy atom. The van der Waals surface area contributed by atoms with Gasteiger partial charge in [0.25, 0.3) is 5.78 Å². The molecule has 0 aromatic carbocycles. The average molecular weight is 390 g/mol. The van der Waals surface area contributed by atoms with Gasteiger partial charge in [-0.25, -0.2) is 9.67 Å². The summed E-state index contributed by atoms with van der Waals surface area (Å²) in [6.07, 6.45) is 1.54. The van der Waals surface area contributed by atoms with Gasteiger partial charge < -0.3 is 9.80 Å². The van der Waals surface area contributed by atoms with Gasteiger partial charge in [0.05, 0.1) is 5.69 Å². The van der Waals surface area contributed by atoms with Gasteiger partial charge in [-0.2, -0.15) is 19.7 Å². The standard InChI is InChI=1S/C19H22N10/c1-13-11-18(29-19(22-13)20-12-21-29)27-8-6-26(7-9-27)16-4-5-17(24-23-16)28-15(3)10-14(2)25-28/h4-5,10-12H,6-9H2,1-3H3. The zero-order valence-corrected chi connectivity index (χ0v) is 16.7. The van der Waals surface area contributed by atoms with Gasteiger partial charge in [-0.3, -0.25) is 0 Å². The van der Waals surface area contributed by atoms with Crippen LogP contribution in [0.5, 0.6) is 0 Å². The third-order valence-electron chi connectivity index (χ3n) is 5.15. The summed E-state index contributed by atoms with van der Waals surface area (Å²) < 4.78 is 3.62. The molecule has 1 aliphatic rings. The molecule has 0 amide bonds. The molecule has 1 saturated heterocycles. The fourth-order valence-electron chi connectivity index (χ4n) is 3.76. The van der Waals surface area contributed by atoms with Crippen molar-refractivity contribution < 1.29 is 0 Å². The molecule has 5 heterocycles. The SMILES string of the molecule is Cc1cc(N2CCN(c3ccc(-n4nc(C)cc4C)nn3)CC2)n2ncnc2n1. The second-order valence-electron chi connectivity index (χ2n) is 7.29. The maximum absolute atomic E-state index is 4.47. The van der Waals surface area contributed by atoms with Crippen LogP contribution in [0, 0.1) is 20.8 Å². The minimum atomic E-state index is 0.632. The zero-order valence-electron chi connectivity index (χ0n) is 16.7. The fourth-order valence-corrected chi connectivity index (χ4v) is 3.76. The van der Waals surface area contributed by atoms with E-state index in [9.17, 15) is 0 Å². The number of hydrogen-bond donors (Lipinski definition) is 0. The van der Waals surface area contributed by atoms with Crippen LogP contribution in [0.4, 0.5) is 11.6 Å². The maximum atomic E-state index is 4.47. The summed E-state index contributed by atoms with van der Waals surface area (Å²) in [6, 6.07) is 8.07. The lowest BCUT2D eigenvalue weighted by atomic mass is 10.3. The molecule has 0 aliphatic carbocycles. The Labute approximate surface area is 167 Å². The van der Waals surface area contributed by atoms with Crippen LogP contribution >= 0.6 is 0 Å². The third kappa shape index (κ3) is 3.16. The highest BCUT2D eigenvalue weighted by Crippen LogP contribution is 2.20. The average Bonchev–Trinajstić information content (AvgIpc) is 3.33. The van der Waals surface area contributed by atoms with Crippen LogP contribution in [-0.2, 0) is 0 Å². The Balaban J connectivity index is 1.31. The van der Waals surface area contributed by atoms with Crippen molar-refractivity contribution in [2.75, 3.05) is 36.0 Å². The van der Waals surface area contributed by atoms with Crippen LogP contribution in [0.15, 0.2) is 30.6 Å². The van der Waals surface area contributed by atoms with E-state index in [2.05, 4.69) is 46.2 Å². The minimum Gasteiger partial charge on any atom is -0.353 e. The first kappa shape index (κ1) is 17.5. The van der Waals surface area contributed by atoms with Crippen molar-refractivity contribution in [3.63, 3.8) is 0 Å². The Kier molecular flexibility index (Phi) is 4.11. The largest absolute Gasteiger partial charge is 0.353 e. The number of aromatic nitrogens is 8. The molecule has 1 fully saturated rings. The Hall–Kier alpha value is -3.56. The summed E-state index contributed by atoms with van der Waals surface area (Å²) in [5.74, 6) is 3.27. The van der Waals surface area contributed by atoms with Gasteiger partial charge in [-0.15, -0.1) is 10.2 Å². The Morgan fingerprint density at radius 2 is 1.55 bits per heavy atom. The first-order valence-corrected chi connectivity index (χ1v) is 9.63. The fraction of sp³-hybridized carbons (Fsp3) is 0.368. The summed E-state index contributed by atoms with van der Waals surface area (Å²) in [5, 5.41) is 17.6. The maximum Gasteiger partial charge on any atom is 0.254 e. The molecule has 0 radical (unpaired) electrons. The number of hydrogen-bond acceptors (Lipinski definition) is 8. The number of piperazine rings is 1. The summed E-state index contributed by atoms with van der Waals surface area (Å²) in [7, 11) is 0. The van der Waals surface area contributed by atoms with E-state index in [1.165, 1.54) is 0 Å². The Morgan fingerprint density at radius 3 is 2.24 bits per heavy atom. The van der Waals surface area contributed by atoms with Crippen LogP contribution in [0.1, 0.15) is 17.1 Å². The van der Waals surface area contributed by atoms with E-state index in [0.717, 1.165) is 60.7 Å². The second kappa shape index (κ2) is 6.80. The molecule has 29 heavy (non-hydrogen) atoms. The first-order chi connectivity index (χ1) is 14.1. The van der Waals surface area contributed by atoms with E-state index >= 15 is 0 Å². The van der Waals surface area contributed by atoms with Crippen LogP contribution in [0.2, 0.25) is 0 Å². The molecule has 0 atom stereocenters. The number of anilines is 2. The smallest absolute Gasteiger partial charge is 0.254 e. The lowest BCUT2D eigenvalue weighted by molar-refractivity contribution is 0.628. The van der Waals surface area contributed by atoms with Crippen LogP contribution in [0.3, 0.4) is 0 Å². The summed E-state index contributed by atoms with van der Waals surface area (Å²) >= 11 is 0. The first-order valence-electron chi connectivity index (χ1n) is 9.63. The number of nitrogens with zero attached hydrogens (tertiary/aromatic N) is 10. The number of rotatable bonds is 3. The van der Waals surface area contributed by atoms with Gasteiger partial charge in [-0.05, 0) is 39.0 Å². The van der Waals surface area contributed by atoms with Crippen LogP contribution in [0.25, 0.3) is 11.6 Å². The number of aryl methyl sites for hydroxylation is 3. The van der Waals surface area contributed by atoms with Crippen LogP contribution < -0.4 is 9.80 Å². The van der Waals surface area contributed by atoms with E-state index < -0.39 is 0 Å². The van der Waals surface area contributed by atoms with Crippen molar-refractivity contribution in [2.45, 2.75) is 20.8 Å². The highest BCUT2D eigenvalue weighted by atomic mass is 15.4. The molecule has 148 valence electrons. The van der Waals surface area contributed by atoms with Crippen molar-refractivity contribution >= 4 is 17.4 Å². The predicted octanol–water partition coefficient (Wildman–Crippen LogP) is 1.35. The predicted molar refractivity (Wildman–Crippen MR) is 109 cm³/mol. The zero-order chi connectivity index (χ0) is 20.0. The molecule has 4 aromatic rings. The number of fused-ring (bicyclic) bond motifs is 1. The Bertz CT molecular complexity index is 1150. The summed E-state index contributed by atoms with van der Waals surface area (Å²) in [4.78, 5) is 13.2. The highest BCUT2D eigenvalue weighted by Gasteiger charge is 2.21. The molecule has 0 N–H and O–H groups in total. The van der Waals surface area contributed by atoms with Crippen molar-refractivity contribution in [3.05, 3.63) is 47.7 Å². The molecular weight excluding hydrogens is 368 g/mol. The molecule has 0 spiro atoms. The lowest BCUT2D eigenvalue weighted by Crippen LogP contribution is -2.47. The lowest BCUT2D eigenvalue weighted by Gasteiger charge is -2.36. The topological polar surface area (TPSA) is 93.2 Å². The van der Waals surface area contributed by atoms with Crippen LogP contribution in [-0.4, -0.2) is 65.7 Å². The molecule has 10 nitrogen and oxygen atoms in total. The summed E-state index contributed by atoms with van der Waals surface area (Å²) in [5.41, 5.74) is 2.95. The van der Waals surface area contributed by atoms with Gasteiger partial charge in [0, 0.05) is 43.6 Å². The van der Waals surface area contributed by atoms with Crippen molar-refractivity contribution in [1.82, 2.24) is 39.6 Å². The normalized spacial score (nSPS) is 14.7. The highest BCUT2D eigenvalue weighted by molar-refractivity contribution is 5.49.